The Kier molecular flexibility index (Phi) is 4.46. The Bertz CT molecular complexity index is 1220. The average Bonchev–Trinajstić information content (AvgIpc) is 3.35. The summed E-state index contributed by atoms with van der Waals surface area (Å²) in [7, 11) is -3.77. The van der Waals surface area contributed by atoms with E-state index in [2.05, 4.69) is 16.5 Å². The van der Waals surface area contributed by atoms with Crippen molar-refractivity contribution < 1.29 is 18.1 Å². The van der Waals surface area contributed by atoms with Gasteiger partial charge in [-0.15, -0.1) is 0 Å². The number of hydrogen-bond donors (Lipinski definition) is 3. The van der Waals surface area contributed by atoms with Gasteiger partial charge in [0, 0.05) is 23.9 Å². The zero-order valence-electron chi connectivity index (χ0n) is 17.6. The molecule has 2 aliphatic carbocycles. The third-order valence-corrected chi connectivity index (χ3v) is 7.24. The van der Waals surface area contributed by atoms with Crippen molar-refractivity contribution in [1.82, 2.24) is 9.78 Å². The van der Waals surface area contributed by atoms with Crippen molar-refractivity contribution in [3.63, 3.8) is 0 Å². The summed E-state index contributed by atoms with van der Waals surface area (Å²) in [6.07, 6.45) is 2.34. The molecule has 2 heterocycles. The maximum atomic E-state index is 14.2. The molecule has 1 aromatic carbocycles. The molecule has 1 aromatic heterocycles. The number of benzene rings is 1. The van der Waals surface area contributed by atoms with Crippen LogP contribution >= 0.6 is 0 Å². The van der Waals surface area contributed by atoms with E-state index in [9.17, 15) is 13.4 Å². The molecule has 0 saturated heterocycles. The van der Waals surface area contributed by atoms with Gasteiger partial charge in [-0.2, -0.15) is 5.10 Å². The highest BCUT2D eigenvalue weighted by Gasteiger charge is 2.37. The normalized spacial score (nSPS) is 22.8. The van der Waals surface area contributed by atoms with Crippen molar-refractivity contribution in [2.24, 2.45) is 10.6 Å². The predicted molar refractivity (Wildman–Crippen MR) is 114 cm³/mol. The number of carbonyl (C=O) groups excluding carboxylic acids is 1. The first-order chi connectivity index (χ1) is 14.5. The fourth-order valence-corrected chi connectivity index (χ4v) is 5.78. The third kappa shape index (κ3) is 3.41. The first-order valence-electron chi connectivity index (χ1n) is 10.5. The van der Waals surface area contributed by atoms with Crippen LogP contribution in [-0.4, -0.2) is 32.7 Å². The second-order valence-electron chi connectivity index (χ2n) is 9.53. The lowest BCUT2D eigenvalue weighted by molar-refractivity contribution is 0.0967. The highest BCUT2D eigenvalue weighted by Crippen LogP contribution is 2.40. The van der Waals surface area contributed by atoms with E-state index in [0.717, 1.165) is 41.5 Å². The number of nitrogens with one attached hydrogen (secondary N) is 2. The number of hydrogen-bond acceptors (Lipinski definition) is 5. The molecular formula is C21H26FN5O3S. The lowest BCUT2D eigenvalue weighted by Gasteiger charge is -2.30. The number of rotatable bonds is 3. The molecule has 1 amide bonds. The molecule has 31 heavy (non-hydrogen) atoms. The molecule has 166 valence electrons. The highest BCUT2D eigenvalue weighted by atomic mass is 32.2. The lowest BCUT2D eigenvalue weighted by atomic mass is 9.94. The van der Waals surface area contributed by atoms with E-state index in [1.165, 1.54) is 4.68 Å². The Balaban J connectivity index is 1.59. The van der Waals surface area contributed by atoms with Gasteiger partial charge in [0.15, 0.2) is 10.6 Å². The van der Waals surface area contributed by atoms with Gasteiger partial charge in [0.2, 0.25) is 5.88 Å². The SMILES string of the molecule is CC1(C)COc2c(S(=N)(N)=O)c(C(=O)Nc3c4c(cc5c3C[C@@H](F)C5)CCC4)nn2C1. The van der Waals surface area contributed by atoms with Crippen LogP contribution in [0.3, 0.4) is 0 Å². The number of carbonyl (C=O) groups is 1. The summed E-state index contributed by atoms with van der Waals surface area (Å²) in [5.74, 6) is -0.493. The summed E-state index contributed by atoms with van der Waals surface area (Å²) >= 11 is 0. The lowest BCUT2D eigenvalue weighted by Crippen LogP contribution is -2.33. The first kappa shape index (κ1) is 20.4. The summed E-state index contributed by atoms with van der Waals surface area (Å²) in [5.41, 5.74) is 4.16. The Labute approximate surface area is 180 Å². The van der Waals surface area contributed by atoms with E-state index >= 15 is 0 Å². The summed E-state index contributed by atoms with van der Waals surface area (Å²) in [4.78, 5) is 13.2. The first-order valence-corrected chi connectivity index (χ1v) is 12.1. The van der Waals surface area contributed by atoms with Crippen LogP contribution in [-0.2, 0) is 42.1 Å². The van der Waals surface area contributed by atoms with E-state index in [0.29, 0.717) is 25.3 Å². The quantitative estimate of drug-likeness (QED) is 0.669. The van der Waals surface area contributed by atoms with Crippen LogP contribution in [0.15, 0.2) is 11.0 Å². The Morgan fingerprint density at radius 3 is 2.87 bits per heavy atom. The Morgan fingerprint density at radius 1 is 1.35 bits per heavy atom. The zero-order chi connectivity index (χ0) is 22.1. The van der Waals surface area contributed by atoms with Crippen molar-refractivity contribution in [3.8, 4) is 5.88 Å². The maximum absolute atomic E-state index is 14.2. The Morgan fingerprint density at radius 2 is 2.13 bits per heavy atom. The number of aromatic nitrogens is 2. The second kappa shape index (κ2) is 6.77. The maximum Gasteiger partial charge on any atom is 0.277 e. The van der Waals surface area contributed by atoms with Gasteiger partial charge in [0.25, 0.3) is 5.91 Å². The van der Waals surface area contributed by atoms with Crippen LogP contribution in [0.4, 0.5) is 10.1 Å². The molecule has 0 spiro atoms. The van der Waals surface area contributed by atoms with Crippen LogP contribution in [0.25, 0.3) is 0 Å². The number of amides is 1. The van der Waals surface area contributed by atoms with Crippen LogP contribution < -0.4 is 15.2 Å². The van der Waals surface area contributed by atoms with E-state index in [4.69, 9.17) is 14.7 Å². The predicted octanol–water partition coefficient (Wildman–Crippen LogP) is 2.76. The van der Waals surface area contributed by atoms with Gasteiger partial charge in [-0.3, -0.25) is 4.79 Å². The Hall–Kier alpha value is -2.46. The zero-order valence-corrected chi connectivity index (χ0v) is 18.4. The third-order valence-electron chi connectivity index (χ3n) is 6.27. The molecule has 8 nitrogen and oxygen atoms in total. The monoisotopic (exact) mass is 447 g/mol. The molecule has 0 radical (unpaired) electrons. The number of nitrogens with two attached hydrogens (primary N) is 1. The van der Waals surface area contributed by atoms with E-state index in [-0.39, 0.29) is 28.3 Å². The van der Waals surface area contributed by atoms with Crippen molar-refractivity contribution in [1.29, 1.82) is 4.78 Å². The number of fused-ring (bicyclic) bond motifs is 3. The van der Waals surface area contributed by atoms with Crippen molar-refractivity contribution in [3.05, 3.63) is 34.0 Å². The fourth-order valence-electron chi connectivity index (χ4n) is 4.94. The van der Waals surface area contributed by atoms with E-state index in [1.807, 2.05) is 13.8 Å². The molecule has 4 N–H and O–H groups in total. The summed E-state index contributed by atoms with van der Waals surface area (Å²) in [6.45, 7) is 4.75. The van der Waals surface area contributed by atoms with Gasteiger partial charge in [-0.05, 0) is 41.5 Å². The van der Waals surface area contributed by atoms with Gasteiger partial charge in [-0.1, -0.05) is 19.9 Å². The molecule has 3 aliphatic rings. The number of halogens is 1. The van der Waals surface area contributed by atoms with Crippen LogP contribution in [0.5, 0.6) is 5.88 Å². The van der Waals surface area contributed by atoms with E-state index in [1.54, 1.807) is 0 Å². The average molecular weight is 448 g/mol. The van der Waals surface area contributed by atoms with E-state index < -0.39 is 22.0 Å². The molecule has 2 atom stereocenters. The largest absolute Gasteiger partial charge is 0.476 e. The number of nitrogens with zero attached hydrogens (tertiary/aromatic N) is 2. The standard InChI is InChI=1S/C21H26FN5O3S/c1-21(2)9-27-20(30-10-21)18(31(23,24)29)17(26-27)19(28)25-16-14-5-3-4-11(14)6-12-7-13(22)8-15(12)16/h6,13H,3-5,7-10H2,1-2H3,(H,25,28)(H3,23,24,29)/t13-/m0/s1. The number of aryl methyl sites for hydroxylation is 1. The fraction of sp³-hybridized carbons (Fsp3) is 0.524. The van der Waals surface area contributed by atoms with Crippen molar-refractivity contribution >= 4 is 21.5 Å². The van der Waals surface area contributed by atoms with Gasteiger partial charge >= 0.3 is 0 Å². The van der Waals surface area contributed by atoms with Crippen LogP contribution in [0.2, 0.25) is 0 Å². The second-order valence-corrected chi connectivity index (χ2v) is 11.1. The summed E-state index contributed by atoms with van der Waals surface area (Å²) < 4.78 is 41.9. The minimum absolute atomic E-state index is 0.110. The van der Waals surface area contributed by atoms with Gasteiger partial charge in [0.1, 0.15) is 16.1 Å². The van der Waals surface area contributed by atoms with Gasteiger partial charge < -0.3 is 10.1 Å². The summed E-state index contributed by atoms with van der Waals surface area (Å²) in [6, 6.07) is 2.07. The minimum Gasteiger partial charge on any atom is -0.476 e. The smallest absolute Gasteiger partial charge is 0.277 e. The van der Waals surface area contributed by atoms with Gasteiger partial charge in [0.05, 0.1) is 13.2 Å². The minimum atomic E-state index is -3.77. The number of ether oxygens (including phenoxy) is 1. The highest BCUT2D eigenvalue weighted by molar-refractivity contribution is 7.90. The molecule has 2 aromatic rings. The number of alkyl halides is 1. The molecule has 0 fully saturated rings. The molecule has 1 unspecified atom stereocenters. The van der Waals surface area contributed by atoms with Gasteiger partial charge in [-0.25, -0.2) is 23.2 Å². The van der Waals surface area contributed by atoms with Crippen LogP contribution in [0.1, 0.15) is 53.0 Å². The molecule has 0 bridgehead atoms. The molecule has 5 rings (SSSR count). The molecular weight excluding hydrogens is 421 g/mol. The van der Waals surface area contributed by atoms with Crippen molar-refractivity contribution in [2.45, 2.75) is 63.6 Å². The summed E-state index contributed by atoms with van der Waals surface area (Å²) in [5, 5.41) is 12.9. The molecule has 1 aliphatic heterocycles. The molecule has 10 heteroatoms. The molecule has 0 saturated carbocycles. The topological polar surface area (TPSA) is 123 Å². The van der Waals surface area contributed by atoms with Crippen LogP contribution in [0, 0.1) is 10.2 Å². The number of anilines is 1. The van der Waals surface area contributed by atoms with Crippen molar-refractivity contribution in [2.75, 3.05) is 11.9 Å².